The summed E-state index contributed by atoms with van der Waals surface area (Å²) in [6.07, 6.45) is 2.43. The maximum Gasteiger partial charge on any atom is 0.225 e. The molecule has 1 aliphatic heterocycles. The third kappa shape index (κ3) is 2.47. The Morgan fingerprint density at radius 1 is 1.41 bits per heavy atom. The van der Waals surface area contributed by atoms with Crippen LogP contribution in [0.3, 0.4) is 0 Å². The monoisotopic (exact) mass is 257 g/mol. The normalized spacial score (nSPS) is 23.0. The van der Waals surface area contributed by atoms with Crippen molar-refractivity contribution in [2.24, 2.45) is 0 Å². The molecule has 0 aliphatic carbocycles. The van der Waals surface area contributed by atoms with Crippen molar-refractivity contribution < 1.29 is 4.74 Å². The Bertz CT molecular complexity index is 391. The highest BCUT2D eigenvalue weighted by atomic mass is 35.5. The van der Waals surface area contributed by atoms with Gasteiger partial charge in [-0.15, -0.1) is 10.2 Å². The molecule has 2 unspecified atom stereocenters. The molecule has 0 spiro atoms. The van der Waals surface area contributed by atoms with E-state index in [1.54, 1.807) is 0 Å². The highest BCUT2D eigenvalue weighted by molar-refractivity contribution is 6.28. The molecule has 1 aromatic rings. The fraction of sp³-hybridized carbons (Fsp3) is 0.833. The molecule has 0 bridgehead atoms. The number of hydrogen-bond donors (Lipinski definition) is 0. The lowest BCUT2D eigenvalue weighted by Crippen LogP contribution is -2.27. The van der Waals surface area contributed by atoms with Gasteiger partial charge < -0.3 is 4.74 Å². The summed E-state index contributed by atoms with van der Waals surface area (Å²) in [6, 6.07) is 0.189. The zero-order valence-corrected chi connectivity index (χ0v) is 11.7. The quantitative estimate of drug-likeness (QED) is 0.818. The minimum Gasteiger partial charge on any atom is -0.376 e. The van der Waals surface area contributed by atoms with Crippen molar-refractivity contribution in [3.63, 3.8) is 0 Å². The van der Waals surface area contributed by atoms with Crippen molar-refractivity contribution in [2.75, 3.05) is 6.61 Å². The first kappa shape index (κ1) is 12.8. The van der Waals surface area contributed by atoms with Crippen LogP contribution in [0, 0.1) is 0 Å². The third-order valence-electron chi connectivity index (χ3n) is 3.24. The van der Waals surface area contributed by atoms with E-state index in [4.69, 9.17) is 16.3 Å². The highest BCUT2D eigenvalue weighted by Gasteiger charge is 2.31. The van der Waals surface area contributed by atoms with Crippen molar-refractivity contribution in [3.05, 3.63) is 11.1 Å². The molecule has 1 fully saturated rings. The van der Waals surface area contributed by atoms with E-state index >= 15 is 0 Å². The van der Waals surface area contributed by atoms with Crippen LogP contribution in [0.2, 0.25) is 5.28 Å². The molecule has 1 aromatic heterocycles. The van der Waals surface area contributed by atoms with Gasteiger partial charge in [0.1, 0.15) is 5.82 Å². The number of rotatable bonds is 2. The average molecular weight is 258 g/mol. The van der Waals surface area contributed by atoms with Crippen LogP contribution in [0.25, 0.3) is 0 Å². The Labute approximate surface area is 107 Å². The van der Waals surface area contributed by atoms with Crippen molar-refractivity contribution in [3.8, 4) is 0 Å². The van der Waals surface area contributed by atoms with Gasteiger partial charge in [-0.05, 0) is 31.4 Å². The SMILES string of the molecule is CC(C1CCCO1)n1c(Cl)nnc1C(C)(C)C. The predicted molar refractivity (Wildman–Crippen MR) is 67.4 cm³/mol. The summed E-state index contributed by atoms with van der Waals surface area (Å²) in [5.41, 5.74) is -0.0625. The van der Waals surface area contributed by atoms with Crippen LogP contribution < -0.4 is 0 Å². The van der Waals surface area contributed by atoms with Gasteiger partial charge in [0, 0.05) is 12.0 Å². The van der Waals surface area contributed by atoms with E-state index < -0.39 is 0 Å². The van der Waals surface area contributed by atoms with Crippen LogP contribution in [-0.4, -0.2) is 27.5 Å². The van der Waals surface area contributed by atoms with Gasteiger partial charge in [0.15, 0.2) is 0 Å². The highest BCUT2D eigenvalue weighted by Crippen LogP contribution is 2.31. The van der Waals surface area contributed by atoms with Crippen molar-refractivity contribution in [1.29, 1.82) is 0 Å². The summed E-state index contributed by atoms with van der Waals surface area (Å²) in [5, 5.41) is 8.66. The van der Waals surface area contributed by atoms with Gasteiger partial charge in [0.05, 0.1) is 12.1 Å². The van der Waals surface area contributed by atoms with E-state index in [9.17, 15) is 0 Å². The molecule has 2 heterocycles. The van der Waals surface area contributed by atoms with Gasteiger partial charge in [-0.2, -0.15) is 0 Å². The third-order valence-corrected chi connectivity index (χ3v) is 3.49. The van der Waals surface area contributed by atoms with Crippen LogP contribution in [0.4, 0.5) is 0 Å². The molecule has 0 N–H and O–H groups in total. The summed E-state index contributed by atoms with van der Waals surface area (Å²) in [4.78, 5) is 0. The Morgan fingerprint density at radius 3 is 2.65 bits per heavy atom. The molecule has 1 aliphatic rings. The lowest BCUT2D eigenvalue weighted by molar-refractivity contribution is 0.0714. The van der Waals surface area contributed by atoms with Crippen LogP contribution >= 0.6 is 11.6 Å². The molecule has 96 valence electrons. The number of nitrogens with zero attached hydrogens (tertiary/aromatic N) is 3. The molecular weight excluding hydrogens is 238 g/mol. The van der Waals surface area contributed by atoms with E-state index in [2.05, 4.69) is 37.9 Å². The van der Waals surface area contributed by atoms with Gasteiger partial charge in [0.2, 0.25) is 5.28 Å². The fourth-order valence-corrected chi connectivity index (χ4v) is 2.57. The van der Waals surface area contributed by atoms with Gasteiger partial charge >= 0.3 is 0 Å². The smallest absolute Gasteiger partial charge is 0.225 e. The molecule has 17 heavy (non-hydrogen) atoms. The van der Waals surface area contributed by atoms with Gasteiger partial charge in [-0.3, -0.25) is 4.57 Å². The van der Waals surface area contributed by atoms with E-state index in [1.165, 1.54) is 0 Å². The molecule has 0 amide bonds. The fourth-order valence-electron chi connectivity index (χ4n) is 2.29. The zero-order chi connectivity index (χ0) is 12.6. The molecule has 2 rings (SSSR count). The predicted octanol–water partition coefficient (Wildman–Crippen LogP) is 2.97. The molecule has 1 saturated heterocycles. The van der Waals surface area contributed by atoms with Gasteiger partial charge in [-0.1, -0.05) is 20.8 Å². The Kier molecular flexibility index (Phi) is 3.46. The van der Waals surface area contributed by atoms with E-state index in [0.29, 0.717) is 5.28 Å². The van der Waals surface area contributed by atoms with E-state index in [1.807, 2.05) is 4.57 Å². The first-order chi connectivity index (χ1) is 7.91. The Balaban J connectivity index is 2.33. The van der Waals surface area contributed by atoms with Gasteiger partial charge in [0.25, 0.3) is 0 Å². The maximum absolute atomic E-state index is 6.16. The Morgan fingerprint density at radius 2 is 2.12 bits per heavy atom. The standard InChI is InChI=1S/C12H20ClN3O/c1-8(9-6-5-7-17-9)16-10(12(2,3)4)14-15-11(16)13/h8-9H,5-7H2,1-4H3. The van der Waals surface area contributed by atoms with Crippen molar-refractivity contribution >= 4 is 11.6 Å². The molecule has 5 heteroatoms. The van der Waals surface area contributed by atoms with Crippen molar-refractivity contribution in [2.45, 2.75) is 58.1 Å². The maximum atomic E-state index is 6.16. The van der Waals surface area contributed by atoms with Crippen LogP contribution in [0.5, 0.6) is 0 Å². The first-order valence-electron chi connectivity index (χ1n) is 6.13. The molecular formula is C12H20ClN3O. The summed E-state index contributed by atoms with van der Waals surface area (Å²) < 4.78 is 7.74. The summed E-state index contributed by atoms with van der Waals surface area (Å²) in [6.45, 7) is 9.32. The average Bonchev–Trinajstić information content (AvgIpc) is 2.83. The van der Waals surface area contributed by atoms with E-state index in [0.717, 1.165) is 25.3 Å². The molecule has 4 nitrogen and oxygen atoms in total. The molecule has 0 radical (unpaired) electrons. The number of halogens is 1. The topological polar surface area (TPSA) is 39.9 Å². The molecule has 0 aromatic carbocycles. The second-order valence-electron chi connectivity index (χ2n) is 5.70. The second-order valence-corrected chi connectivity index (χ2v) is 6.04. The van der Waals surface area contributed by atoms with Crippen LogP contribution in [0.15, 0.2) is 0 Å². The van der Waals surface area contributed by atoms with Gasteiger partial charge in [-0.25, -0.2) is 0 Å². The minimum atomic E-state index is -0.0625. The summed E-state index contributed by atoms with van der Waals surface area (Å²) in [7, 11) is 0. The van der Waals surface area contributed by atoms with E-state index in [-0.39, 0.29) is 17.6 Å². The van der Waals surface area contributed by atoms with Crippen molar-refractivity contribution in [1.82, 2.24) is 14.8 Å². The molecule has 0 saturated carbocycles. The lowest BCUT2D eigenvalue weighted by atomic mass is 9.95. The molecule has 2 atom stereocenters. The number of aromatic nitrogens is 3. The summed E-state index contributed by atoms with van der Waals surface area (Å²) >= 11 is 6.16. The number of hydrogen-bond acceptors (Lipinski definition) is 3. The summed E-state index contributed by atoms with van der Waals surface area (Å²) in [5.74, 6) is 0.922. The first-order valence-corrected chi connectivity index (χ1v) is 6.51. The van der Waals surface area contributed by atoms with Crippen LogP contribution in [0.1, 0.15) is 52.4 Å². The number of ether oxygens (including phenoxy) is 1. The van der Waals surface area contributed by atoms with Crippen LogP contribution in [-0.2, 0) is 10.2 Å². The second kappa shape index (κ2) is 4.58. The Hall–Kier alpha value is -0.610. The largest absolute Gasteiger partial charge is 0.376 e. The zero-order valence-electron chi connectivity index (χ0n) is 10.9. The minimum absolute atomic E-state index is 0.0625. The lowest BCUT2D eigenvalue weighted by Gasteiger charge is -2.26.